The molecule has 0 aromatic heterocycles. The lowest BCUT2D eigenvalue weighted by atomic mass is 9.95. The normalized spacial score (nSPS) is 16.7. The molecule has 6 heteroatoms. The third-order valence-electron chi connectivity index (χ3n) is 4.54. The SMILES string of the molecule is CCCN(C(=O)c1ccc(CNC(=O)C(C)(C)C)cc1)C1CCNC1.Cl. The van der Waals surface area contributed by atoms with Gasteiger partial charge in [0.15, 0.2) is 0 Å². The Morgan fingerprint density at radius 3 is 2.38 bits per heavy atom. The van der Waals surface area contributed by atoms with E-state index in [1.165, 1.54) is 0 Å². The molecule has 1 aromatic rings. The Labute approximate surface area is 163 Å². The predicted octanol–water partition coefficient (Wildman–Crippen LogP) is 2.98. The first kappa shape index (κ1) is 22.5. The Bertz CT molecular complexity index is 590. The summed E-state index contributed by atoms with van der Waals surface area (Å²) in [6.45, 7) is 10.9. The van der Waals surface area contributed by atoms with E-state index in [1.54, 1.807) is 0 Å². The monoisotopic (exact) mass is 381 g/mol. The van der Waals surface area contributed by atoms with E-state index in [4.69, 9.17) is 0 Å². The topological polar surface area (TPSA) is 61.4 Å². The molecule has 5 nitrogen and oxygen atoms in total. The molecule has 146 valence electrons. The number of nitrogens with zero attached hydrogens (tertiary/aromatic N) is 1. The first-order valence-corrected chi connectivity index (χ1v) is 9.22. The van der Waals surface area contributed by atoms with E-state index in [0.717, 1.165) is 38.0 Å². The minimum Gasteiger partial charge on any atom is -0.352 e. The predicted molar refractivity (Wildman–Crippen MR) is 108 cm³/mol. The lowest BCUT2D eigenvalue weighted by Crippen LogP contribution is -2.42. The molecule has 0 bridgehead atoms. The van der Waals surface area contributed by atoms with Crippen molar-refractivity contribution in [1.82, 2.24) is 15.5 Å². The number of halogens is 1. The van der Waals surface area contributed by atoms with Gasteiger partial charge in [-0.25, -0.2) is 0 Å². The van der Waals surface area contributed by atoms with Gasteiger partial charge >= 0.3 is 0 Å². The van der Waals surface area contributed by atoms with Crippen molar-refractivity contribution in [3.8, 4) is 0 Å². The molecule has 0 aliphatic carbocycles. The number of carbonyl (C=O) groups is 2. The Morgan fingerprint density at radius 1 is 1.23 bits per heavy atom. The molecule has 26 heavy (non-hydrogen) atoms. The summed E-state index contributed by atoms with van der Waals surface area (Å²) >= 11 is 0. The highest BCUT2D eigenvalue weighted by atomic mass is 35.5. The fraction of sp³-hybridized carbons (Fsp3) is 0.600. The molecule has 1 atom stereocenters. The number of rotatable bonds is 6. The van der Waals surface area contributed by atoms with Crippen molar-refractivity contribution in [2.24, 2.45) is 5.41 Å². The maximum atomic E-state index is 12.9. The van der Waals surface area contributed by atoms with Crippen LogP contribution in [0.15, 0.2) is 24.3 Å². The fourth-order valence-corrected chi connectivity index (χ4v) is 2.97. The van der Waals surface area contributed by atoms with Gasteiger partial charge in [0.25, 0.3) is 5.91 Å². The van der Waals surface area contributed by atoms with Gasteiger partial charge in [-0.05, 0) is 37.1 Å². The van der Waals surface area contributed by atoms with Crippen LogP contribution in [0.4, 0.5) is 0 Å². The molecule has 0 saturated carbocycles. The Morgan fingerprint density at radius 2 is 1.88 bits per heavy atom. The summed E-state index contributed by atoms with van der Waals surface area (Å²) in [4.78, 5) is 26.8. The van der Waals surface area contributed by atoms with Crippen LogP contribution in [0.3, 0.4) is 0 Å². The molecule has 2 rings (SSSR count). The summed E-state index contributed by atoms with van der Waals surface area (Å²) in [5.41, 5.74) is 1.32. The standard InChI is InChI=1S/C20H31N3O2.ClH/c1-5-12-23(17-10-11-21-14-17)18(24)16-8-6-15(7-9-16)13-22-19(25)20(2,3)4;/h6-9,17,21H,5,10-14H2,1-4H3,(H,22,25);1H. The lowest BCUT2D eigenvalue weighted by Gasteiger charge is -2.28. The molecule has 1 fully saturated rings. The highest BCUT2D eigenvalue weighted by Gasteiger charge is 2.26. The summed E-state index contributed by atoms with van der Waals surface area (Å²) in [5, 5.41) is 6.26. The summed E-state index contributed by atoms with van der Waals surface area (Å²) < 4.78 is 0. The van der Waals surface area contributed by atoms with E-state index < -0.39 is 5.41 Å². The first-order chi connectivity index (χ1) is 11.8. The van der Waals surface area contributed by atoms with Gasteiger partial charge in [0.1, 0.15) is 0 Å². The van der Waals surface area contributed by atoms with Gasteiger partial charge in [0, 0.05) is 36.7 Å². The third-order valence-corrected chi connectivity index (χ3v) is 4.54. The van der Waals surface area contributed by atoms with Crippen LogP contribution in [-0.2, 0) is 11.3 Å². The van der Waals surface area contributed by atoms with Crippen LogP contribution in [-0.4, -0.2) is 42.4 Å². The van der Waals surface area contributed by atoms with Crippen LogP contribution in [0.1, 0.15) is 56.5 Å². The van der Waals surface area contributed by atoms with Crippen LogP contribution in [0.25, 0.3) is 0 Å². The van der Waals surface area contributed by atoms with E-state index in [0.29, 0.717) is 18.2 Å². The average molecular weight is 382 g/mol. The molecule has 1 aliphatic rings. The van der Waals surface area contributed by atoms with Crippen molar-refractivity contribution in [2.75, 3.05) is 19.6 Å². The second kappa shape index (κ2) is 9.93. The van der Waals surface area contributed by atoms with Crippen molar-refractivity contribution in [2.45, 2.75) is 53.1 Å². The Hall–Kier alpha value is -1.59. The molecule has 0 radical (unpaired) electrons. The van der Waals surface area contributed by atoms with Crippen LogP contribution >= 0.6 is 12.4 Å². The minimum absolute atomic E-state index is 0. The van der Waals surface area contributed by atoms with Crippen molar-refractivity contribution < 1.29 is 9.59 Å². The number of hydrogen-bond acceptors (Lipinski definition) is 3. The van der Waals surface area contributed by atoms with Crippen molar-refractivity contribution in [3.63, 3.8) is 0 Å². The van der Waals surface area contributed by atoms with E-state index >= 15 is 0 Å². The van der Waals surface area contributed by atoms with Gasteiger partial charge in [-0.1, -0.05) is 39.8 Å². The van der Waals surface area contributed by atoms with Crippen LogP contribution in [0.5, 0.6) is 0 Å². The zero-order chi connectivity index (χ0) is 18.4. The molecular weight excluding hydrogens is 350 g/mol. The Kier molecular flexibility index (Phi) is 8.57. The fourth-order valence-electron chi connectivity index (χ4n) is 2.97. The Balaban J connectivity index is 0.00000338. The van der Waals surface area contributed by atoms with E-state index in [1.807, 2.05) is 49.9 Å². The van der Waals surface area contributed by atoms with E-state index in [2.05, 4.69) is 17.6 Å². The number of benzene rings is 1. The lowest BCUT2D eigenvalue weighted by molar-refractivity contribution is -0.128. The number of amides is 2. The van der Waals surface area contributed by atoms with E-state index in [-0.39, 0.29) is 24.2 Å². The first-order valence-electron chi connectivity index (χ1n) is 9.22. The molecule has 0 spiro atoms. The van der Waals surface area contributed by atoms with Crippen LogP contribution in [0.2, 0.25) is 0 Å². The summed E-state index contributed by atoms with van der Waals surface area (Å²) in [5.74, 6) is 0.122. The molecule has 2 amide bonds. The maximum absolute atomic E-state index is 12.9. The highest BCUT2D eigenvalue weighted by Crippen LogP contribution is 2.16. The molecule has 1 heterocycles. The molecule has 1 aromatic carbocycles. The van der Waals surface area contributed by atoms with Crippen LogP contribution < -0.4 is 10.6 Å². The van der Waals surface area contributed by atoms with E-state index in [9.17, 15) is 9.59 Å². The second-order valence-corrected chi connectivity index (χ2v) is 7.77. The van der Waals surface area contributed by atoms with Gasteiger partial charge in [-0.2, -0.15) is 0 Å². The average Bonchev–Trinajstić information content (AvgIpc) is 3.10. The molecule has 1 aliphatic heterocycles. The zero-order valence-electron chi connectivity index (χ0n) is 16.3. The molecule has 1 saturated heterocycles. The summed E-state index contributed by atoms with van der Waals surface area (Å²) in [6.07, 6.45) is 1.97. The smallest absolute Gasteiger partial charge is 0.254 e. The van der Waals surface area contributed by atoms with Crippen LogP contribution in [0, 0.1) is 5.41 Å². The number of nitrogens with one attached hydrogen (secondary N) is 2. The maximum Gasteiger partial charge on any atom is 0.254 e. The number of carbonyl (C=O) groups excluding carboxylic acids is 2. The summed E-state index contributed by atoms with van der Waals surface area (Å²) in [7, 11) is 0. The van der Waals surface area contributed by atoms with Crippen molar-refractivity contribution >= 4 is 24.2 Å². The van der Waals surface area contributed by atoms with Gasteiger partial charge in [-0.15, -0.1) is 12.4 Å². The van der Waals surface area contributed by atoms with Gasteiger partial charge in [-0.3, -0.25) is 9.59 Å². The zero-order valence-corrected chi connectivity index (χ0v) is 17.1. The molecular formula is C20H32ClN3O2. The van der Waals surface area contributed by atoms with Crippen molar-refractivity contribution in [3.05, 3.63) is 35.4 Å². The van der Waals surface area contributed by atoms with Gasteiger partial charge in [0.05, 0.1) is 0 Å². The minimum atomic E-state index is -0.397. The van der Waals surface area contributed by atoms with Gasteiger partial charge < -0.3 is 15.5 Å². The van der Waals surface area contributed by atoms with Gasteiger partial charge in [0.2, 0.25) is 5.91 Å². The largest absolute Gasteiger partial charge is 0.352 e. The quantitative estimate of drug-likeness (QED) is 0.796. The van der Waals surface area contributed by atoms with Crippen molar-refractivity contribution in [1.29, 1.82) is 0 Å². The number of hydrogen-bond donors (Lipinski definition) is 2. The molecule has 2 N–H and O–H groups in total. The summed E-state index contributed by atoms with van der Waals surface area (Å²) in [6, 6.07) is 7.87. The molecule has 1 unspecified atom stereocenters. The third kappa shape index (κ3) is 5.99. The second-order valence-electron chi connectivity index (χ2n) is 7.77. The highest BCUT2D eigenvalue weighted by molar-refractivity contribution is 5.94.